The van der Waals surface area contributed by atoms with Crippen molar-refractivity contribution in [2.45, 2.75) is 38.6 Å². The molecule has 128 valence electrons. The summed E-state index contributed by atoms with van der Waals surface area (Å²) in [4.78, 5) is 15.6. The average Bonchev–Trinajstić information content (AvgIpc) is 2.63. The first kappa shape index (κ1) is 18.4. The van der Waals surface area contributed by atoms with E-state index in [0.29, 0.717) is 6.42 Å². The summed E-state index contributed by atoms with van der Waals surface area (Å²) < 4.78 is 0. The molecule has 2 aromatic carbocycles. The minimum Gasteiger partial charge on any atom is -0.306 e. The minimum atomic E-state index is -0.624. The van der Waals surface area contributed by atoms with Crippen LogP contribution in [-0.2, 0) is 10.2 Å². The van der Waals surface area contributed by atoms with Gasteiger partial charge in [-0.1, -0.05) is 74.5 Å². The van der Waals surface area contributed by atoms with Crippen molar-refractivity contribution < 1.29 is 4.79 Å². The van der Waals surface area contributed by atoms with Crippen molar-refractivity contribution in [3.05, 3.63) is 71.8 Å². The lowest BCUT2D eigenvalue weighted by atomic mass is 9.61. The van der Waals surface area contributed by atoms with Gasteiger partial charge in [0.2, 0.25) is 0 Å². The third-order valence-electron chi connectivity index (χ3n) is 5.44. The van der Waals surface area contributed by atoms with E-state index in [-0.39, 0.29) is 17.7 Å². The number of carbonyl (C=O) groups is 1. The molecule has 2 rings (SSSR count). The first-order valence-electron chi connectivity index (χ1n) is 8.77. The number of carbonyl (C=O) groups excluding carboxylic acids is 1. The van der Waals surface area contributed by atoms with Crippen molar-refractivity contribution in [1.29, 1.82) is 0 Å². The third kappa shape index (κ3) is 3.16. The van der Waals surface area contributed by atoms with Gasteiger partial charge in [-0.15, -0.1) is 0 Å². The van der Waals surface area contributed by atoms with Crippen LogP contribution in [0.15, 0.2) is 60.7 Å². The molecule has 0 aliphatic heterocycles. The molecule has 0 aromatic heterocycles. The van der Waals surface area contributed by atoms with Crippen LogP contribution < -0.4 is 0 Å². The number of hydrogen-bond donors (Lipinski definition) is 0. The Morgan fingerprint density at radius 3 is 1.67 bits per heavy atom. The molecule has 0 aliphatic rings. The molecule has 0 saturated carbocycles. The second-order valence-electron chi connectivity index (χ2n) is 6.81. The maximum Gasteiger partial charge on any atom is 0.147 e. The molecule has 2 atom stereocenters. The van der Waals surface area contributed by atoms with Crippen LogP contribution in [0.2, 0.25) is 0 Å². The van der Waals surface area contributed by atoms with E-state index >= 15 is 0 Å². The fourth-order valence-electron chi connectivity index (χ4n) is 3.76. The van der Waals surface area contributed by atoms with Crippen LogP contribution in [0.1, 0.15) is 38.3 Å². The van der Waals surface area contributed by atoms with Gasteiger partial charge in [0, 0.05) is 12.5 Å². The van der Waals surface area contributed by atoms with Gasteiger partial charge >= 0.3 is 0 Å². The molecule has 0 unspecified atom stereocenters. The predicted molar refractivity (Wildman–Crippen MR) is 101 cm³/mol. The Balaban J connectivity index is 2.77. The Kier molecular flexibility index (Phi) is 5.95. The molecule has 0 bridgehead atoms. The zero-order valence-corrected chi connectivity index (χ0v) is 15.5. The van der Waals surface area contributed by atoms with Crippen LogP contribution in [0.25, 0.3) is 0 Å². The molecule has 0 aliphatic carbocycles. The quantitative estimate of drug-likeness (QED) is 0.745. The van der Waals surface area contributed by atoms with Gasteiger partial charge in [0.1, 0.15) is 5.78 Å². The lowest BCUT2D eigenvalue weighted by Crippen LogP contribution is -2.50. The van der Waals surface area contributed by atoms with Gasteiger partial charge in [-0.25, -0.2) is 0 Å². The van der Waals surface area contributed by atoms with Crippen molar-refractivity contribution in [3.63, 3.8) is 0 Å². The van der Waals surface area contributed by atoms with Crippen LogP contribution in [0.3, 0.4) is 0 Å². The van der Waals surface area contributed by atoms with E-state index < -0.39 is 5.41 Å². The lowest BCUT2D eigenvalue weighted by molar-refractivity contribution is -0.125. The zero-order valence-electron chi connectivity index (χ0n) is 15.5. The lowest BCUT2D eigenvalue weighted by Gasteiger charge is -2.43. The highest BCUT2D eigenvalue weighted by molar-refractivity contribution is 5.94. The summed E-state index contributed by atoms with van der Waals surface area (Å²) in [5.41, 5.74) is 1.55. The normalized spacial score (nSPS) is 14.4. The molecule has 0 fully saturated rings. The first-order chi connectivity index (χ1) is 11.5. The monoisotopic (exact) mass is 323 g/mol. The van der Waals surface area contributed by atoms with Crippen molar-refractivity contribution in [2.75, 3.05) is 14.1 Å². The van der Waals surface area contributed by atoms with Gasteiger partial charge in [0.25, 0.3) is 0 Å². The second-order valence-corrected chi connectivity index (χ2v) is 6.81. The summed E-state index contributed by atoms with van der Waals surface area (Å²) in [7, 11) is 4.16. The van der Waals surface area contributed by atoms with Crippen molar-refractivity contribution in [3.8, 4) is 0 Å². The van der Waals surface area contributed by atoms with E-state index in [9.17, 15) is 4.79 Å². The van der Waals surface area contributed by atoms with Crippen LogP contribution in [-0.4, -0.2) is 30.8 Å². The molecule has 0 heterocycles. The Hall–Kier alpha value is -1.93. The fraction of sp³-hybridized carbons (Fsp3) is 0.409. The largest absolute Gasteiger partial charge is 0.306 e. The van der Waals surface area contributed by atoms with Crippen LogP contribution in [0.5, 0.6) is 0 Å². The van der Waals surface area contributed by atoms with Crippen LogP contribution >= 0.6 is 0 Å². The summed E-state index contributed by atoms with van der Waals surface area (Å²) in [6.07, 6.45) is 0.522. The first-order valence-corrected chi connectivity index (χ1v) is 8.77. The number of nitrogens with zero attached hydrogens (tertiary/aromatic N) is 1. The Bertz CT molecular complexity index is 609. The number of ketones is 1. The van der Waals surface area contributed by atoms with E-state index in [1.54, 1.807) is 0 Å². The topological polar surface area (TPSA) is 20.3 Å². The molecule has 0 radical (unpaired) electrons. The summed E-state index contributed by atoms with van der Waals surface area (Å²) in [6.45, 7) is 6.38. The highest BCUT2D eigenvalue weighted by Gasteiger charge is 2.47. The minimum absolute atomic E-state index is 0.143. The summed E-state index contributed by atoms with van der Waals surface area (Å²) >= 11 is 0. The van der Waals surface area contributed by atoms with E-state index in [2.05, 4.69) is 57.1 Å². The molecule has 2 aromatic rings. The van der Waals surface area contributed by atoms with Crippen LogP contribution in [0, 0.1) is 5.92 Å². The summed E-state index contributed by atoms with van der Waals surface area (Å²) in [6, 6.07) is 20.8. The van der Waals surface area contributed by atoms with Gasteiger partial charge in [-0.05, 0) is 38.1 Å². The van der Waals surface area contributed by atoms with Gasteiger partial charge in [0.05, 0.1) is 5.41 Å². The maximum atomic E-state index is 13.4. The average molecular weight is 323 g/mol. The molecule has 0 N–H and O–H groups in total. The van der Waals surface area contributed by atoms with E-state index in [1.165, 1.54) is 0 Å². The van der Waals surface area contributed by atoms with Crippen molar-refractivity contribution in [1.82, 2.24) is 4.90 Å². The molecule has 0 spiro atoms. The Labute approximate surface area is 146 Å². The number of hydrogen-bond acceptors (Lipinski definition) is 2. The van der Waals surface area contributed by atoms with Gasteiger partial charge in [0.15, 0.2) is 0 Å². The highest BCUT2D eigenvalue weighted by atomic mass is 16.1. The smallest absolute Gasteiger partial charge is 0.147 e. The molecule has 2 heteroatoms. The van der Waals surface area contributed by atoms with Gasteiger partial charge in [-0.3, -0.25) is 4.79 Å². The van der Waals surface area contributed by atoms with E-state index in [1.807, 2.05) is 43.3 Å². The number of rotatable bonds is 7. The molecule has 0 amide bonds. The SMILES string of the molecule is CCC(=O)C(c1ccccc1)(c1ccccc1)[C@@H](C)[C@@H](C)N(C)C. The van der Waals surface area contributed by atoms with Crippen molar-refractivity contribution in [2.24, 2.45) is 5.92 Å². The highest BCUT2D eigenvalue weighted by Crippen LogP contribution is 2.43. The third-order valence-corrected chi connectivity index (χ3v) is 5.44. The van der Waals surface area contributed by atoms with E-state index in [0.717, 1.165) is 11.1 Å². The fourth-order valence-corrected chi connectivity index (χ4v) is 3.76. The van der Waals surface area contributed by atoms with Gasteiger partial charge in [-0.2, -0.15) is 0 Å². The van der Waals surface area contributed by atoms with Crippen LogP contribution in [0.4, 0.5) is 0 Å². The Morgan fingerprint density at radius 1 is 0.917 bits per heavy atom. The summed E-state index contributed by atoms with van der Waals surface area (Å²) in [5.74, 6) is 0.422. The standard InChI is InChI=1S/C22H29NO/c1-6-21(24)22(17(2)18(3)23(4)5,19-13-9-7-10-14-19)20-15-11-8-12-16-20/h7-18H,6H2,1-5H3/t17-,18+/m0/s1. The number of benzene rings is 2. The van der Waals surface area contributed by atoms with Gasteiger partial charge < -0.3 is 4.90 Å². The molecule has 24 heavy (non-hydrogen) atoms. The molecule has 0 saturated heterocycles. The molecule has 2 nitrogen and oxygen atoms in total. The molecular weight excluding hydrogens is 294 g/mol. The summed E-state index contributed by atoms with van der Waals surface area (Å²) in [5, 5.41) is 0. The number of Topliss-reactive ketones (excluding diaryl/α,β-unsaturated/α-hetero) is 1. The maximum absolute atomic E-state index is 13.4. The van der Waals surface area contributed by atoms with E-state index in [4.69, 9.17) is 0 Å². The van der Waals surface area contributed by atoms with Crippen molar-refractivity contribution >= 4 is 5.78 Å². The predicted octanol–water partition coefficient (Wildman–Crippen LogP) is 4.54. The molecular formula is C22H29NO. The Morgan fingerprint density at radius 2 is 1.33 bits per heavy atom. The zero-order chi connectivity index (χ0) is 17.7. The second kappa shape index (κ2) is 7.76.